The molecule has 0 radical (unpaired) electrons. The highest BCUT2D eigenvalue weighted by atomic mass is 19.4. The first-order valence-corrected chi connectivity index (χ1v) is 5.62. The number of ether oxygens (including phenoxy) is 1. The number of rotatable bonds is 5. The van der Waals surface area contributed by atoms with E-state index in [2.05, 4.69) is 5.32 Å². The van der Waals surface area contributed by atoms with Crippen LogP contribution in [0.1, 0.15) is 23.2 Å². The third-order valence-electron chi connectivity index (χ3n) is 2.42. The summed E-state index contributed by atoms with van der Waals surface area (Å²) in [4.78, 5) is 11.8. The maximum Gasteiger partial charge on any atom is 0.389 e. The van der Waals surface area contributed by atoms with Crippen molar-refractivity contribution in [2.24, 2.45) is 0 Å². The number of benzene rings is 1. The number of carbonyl (C=O) groups excluding carboxylic acids is 1. The number of alkyl halides is 3. The molecule has 0 unspecified atom stereocenters. The smallest absolute Gasteiger partial charge is 0.389 e. The van der Waals surface area contributed by atoms with Crippen LogP contribution < -0.4 is 15.8 Å². The number of carbonyl (C=O) groups is 1. The molecule has 0 saturated carbocycles. The van der Waals surface area contributed by atoms with E-state index < -0.39 is 18.5 Å². The lowest BCUT2D eigenvalue weighted by Crippen LogP contribution is -2.26. The summed E-state index contributed by atoms with van der Waals surface area (Å²) in [5.41, 5.74) is 6.13. The lowest BCUT2D eigenvalue weighted by Gasteiger charge is -2.11. The summed E-state index contributed by atoms with van der Waals surface area (Å²) in [5, 5.41) is 2.40. The molecule has 1 aromatic carbocycles. The number of nitrogens with two attached hydrogens (primary N) is 1. The van der Waals surface area contributed by atoms with Gasteiger partial charge in [-0.1, -0.05) is 6.07 Å². The zero-order valence-electron chi connectivity index (χ0n) is 10.4. The summed E-state index contributed by atoms with van der Waals surface area (Å²) >= 11 is 0. The van der Waals surface area contributed by atoms with Gasteiger partial charge in [0.2, 0.25) is 0 Å². The van der Waals surface area contributed by atoms with E-state index >= 15 is 0 Å². The fraction of sp³-hybridized carbons (Fsp3) is 0.417. The van der Waals surface area contributed by atoms with Gasteiger partial charge in [-0.2, -0.15) is 13.2 Å². The van der Waals surface area contributed by atoms with Crippen molar-refractivity contribution >= 4 is 11.6 Å². The molecule has 0 aliphatic heterocycles. The molecule has 1 aromatic rings. The van der Waals surface area contributed by atoms with E-state index in [1.807, 2.05) is 0 Å². The lowest BCUT2D eigenvalue weighted by molar-refractivity contribution is -0.135. The van der Waals surface area contributed by atoms with Crippen molar-refractivity contribution in [1.29, 1.82) is 0 Å². The second-order valence-corrected chi connectivity index (χ2v) is 3.90. The number of hydrogen-bond acceptors (Lipinski definition) is 3. The van der Waals surface area contributed by atoms with Gasteiger partial charge in [0.05, 0.1) is 18.4 Å². The van der Waals surface area contributed by atoms with Crippen LogP contribution in [0.5, 0.6) is 5.75 Å². The van der Waals surface area contributed by atoms with Gasteiger partial charge in [-0.25, -0.2) is 0 Å². The molecule has 0 bridgehead atoms. The number of methoxy groups -OCH3 is 1. The largest absolute Gasteiger partial charge is 0.494 e. The summed E-state index contributed by atoms with van der Waals surface area (Å²) in [6, 6.07) is 4.63. The van der Waals surface area contributed by atoms with Crippen LogP contribution in [-0.2, 0) is 0 Å². The maximum absolute atomic E-state index is 11.9. The van der Waals surface area contributed by atoms with Crippen LogP contribution in [0, 0.1) is 0 Å². The van der Waals surface area contributed by atoms with Gasteiger partial charge in [0.15, 0.2) is 5.75 Å². The molecule has 0 fully saturated rings. The molecule has 0 aliphatic rings. The topological polar surface area (TPSA) is 64.3 Å². The first-order valence-electron chi connectivity index (χ1n) is 5.62. The van der Waals surface area contributed by atoms with E-state index in [0.29, 0.717) is 5.69 Å². The number of halogens is 3. The van der Waals surface area contributed by atoms with Crippen LogP contribution in [0.3, 0.4) is 0 Å². The normalized spacial score (nSPS) is 11.2. The summed E-state index contributed by atoms with van der Waals surface area (Å²) < 4.78 is 40.8. The number of para-hydroxylation sites is 1. The molecule has 19 heavy (non-hydrogen) atoms. The Hall–Kier alpha value is -1.92. The van der Waals surface area contributed by atoms with Gasteiger partial charge >= 0.3 is 6.18 Å². The van der Waals surface area contributed by atoms with Crippen molar-refractivity contribution in [1.82, 2.24) is 5.32 Å². The Balaban J connectivity index is 2.57. The highest BCUT2D eigenvalue weighted by Gasteiger charge is 2.26. The van der Waals surface area contributed by atoms with E-state index in [1.165, 1.54) is 13.2 Å². The van der Waals surface area contributed by atoms with E-state index in [4.69, 9.17) is 10.5 Å². The third kappa shape index (κ3) is 4.69. The van der Waals surface area contributed by atoms with Crippen molar-refractivity contribution in [2.75, 3.05) is 19.4 Å². The average molecular weight is 276 g/mol. The van der Waals surface area contributed by atoms with E-state index in [-0.39, 0.29) is 24.3 Å². The summed E-state index contributed by atoms with van der Waals surface area (Å²) in [6.45, 7) is -0.0592. The molecule has 4 nitrogen and oxygen atoms in total. The quantitative estimate of drug-likeness (QED) is 0.641. The van der Waals surface area contributed by atoms with Crippen LogP contribution in [0.4, 0.5) is 18.9 Å². The van der Waals surface area contributed by atoms with Crippen molar-refractivity contribution in [3.63, 3.8) is 0 Å². The van der Waals surface area contributed by atoms with Crippen molar-refractivity contribution in [3.8, 4) is 5.75 Å². The Morgan fingerprint density at radius 2 is 2.11 bits per heavy atom. The molecule has 0 saturated heterocycles. The average Bonchev–Trinajstić information content (AvgIpc) is 2.33. The van der Waals surface area contributed by atoms with Gasteiger partial charge < -0.3 is 15.8 Å². The first-order chi connectivity index (χ1) is 8.85. The molecule has 3 N–H and O–H groups in total. The zero-order chi connectivity index (χ0) is 14.5. The number of amides is 1. The van der Waals surface area contributed by atoms with Crippen LogP contribution in [0.2, 0.25) is 0 Å². The molecule has 1 rings (SSSR count). The van der Waals surface area contributed by atoms with E-state index in [0.717, 1.165) is 0 Å². The Labute approximate surface area is 108 Å². The fourth-order valence-corrected chi connectivity index (χ4v) is 1.55. The highest BCUT2D eigenvalue weighted by Crippen LogP contribution is 2.25. The predicted molar refractivity (Wildman–Crippen MR) is 65.0 cm³/mol. The predicted octanol–water partition coefficient (Wildman–Crippen LogP) is 2.35. The zero-order valence-corrected chi connectivity index (χ0v) is 10.4. The molecule has 0 aromatic heterocycles. The van der Waals surface area contributed by atoms with Gasteiger partial charge in [0.25, 0.3) is 5.91 Å². The summed E-state index contributed by atoms with van der Waals surface area (Å²) in [5.74, 6) is -0.290. The summed E-state index contributed by atoms with van der Waals surface area (Å²) in [6.07, 6.45) is -5.30. The van der Waals surface area contributed by atoms with Crippen molar-refractivity contribution in [3.05, 3.63) is 23.8 Å². The standard InChI is InChI=1S/C12H15F3N2O2/c1-19-10-8(4-2-5-9(10)16)11(18)17-7-3-6-12(13,14)15/h2,4-5H,3,6-7,16H2,1H3,(H,17,18). The molecule has 0 spiro atoms. The molecule has 106 valence electrons. The minimum absolute atomic E-state index is 0.0592. The Kier molecular flexibility index (Phi) is 5.02. The van der Waals surface area contributed by atoms with Crippen molar-refractivity contribution in [2.45, 2.75) is 19.0 Å². The molecular weight excluding hydrogens is 261 g/mol. The van der Waals surface area contributed by atoms with Crippen LogP contribution in [0.15, 0.2) is 18.2 Å². The second-order valence-electron chi connectivity index (χ2n) is 3.90. The lowest BCUT2D eigenvalue weighted by atomic mass is 10.1. The highest BCUT2D eigenvalue weighted by molar-refractivity contribution is 5.98. The van der Waals surface area contributed by atoms with Gasteiger partial charge in [-0.3, -0.25) is 4.79 Å². The third-order valence-corrected chi connectivity index (χ3v) is 2.42. The van der Waals surface area contributed by atoms with Crippen LogP contribution >= 0.6 is 0 Å². The first kappa shape index (κ1) is 15.1. The van der Waals surface area contributed by atoms with Gasteiger partial charge in [0.1, 0.15) is 0 Å². The number of nitrogen functional groups attached to an aromatic ring is 1. The minimum Gasteiger partial charge on any atom is -0.494 e. The Morgan fingerprint density at radius 1 is 1.42 bits per heavy atom. The molecule has 0 aliphatic carbocycles. The fourth-order valence-electron chi connectivity index (χ4n) is 1.55. The van der Waals surface area contributed by atoms with Gasteiger partial charge in [0, 0.05) is 13.0 Å². The maximum atomic E-state index is 11.9. The van der Waals surface area contributed by atoms with Crippen LogP contribution in [-0.4, -0.2) is 25.7 Å². The molecule has 1 amide bonds. The van der Waals surface area contributed by atoms with E-state index in [9.17, 15) is 18.0 Å². The SMILES string of the molecule is COc1c(N)cccc1C(=O)NCCCC(F)(F)F. The number of nitrogens with one attached hydrogen (secondary N) is 1. The van der Waals surface area contributed by atoms with Crippen LogP contribution in [0.25, 0.3) is 0 Å². The second kappa shape index (κ2) is 6.31. The Morgan fingerprint density at radius 3 is 2.68 bits per heavy atom. The van der Waals surface area contributed by atoms with Crippen molar-refractivity contribution < 1.29 is 22.7 Å². The van der Waals surface area contributed by atoms with Gasteiger partial charge in [-0.05, 0) is 18.6 Å². The molecule has 0 heterocycles. The molecule has 7 heteroatoms. The minimum atomic E-state index is -4.21. The van der Waals surface area contributed by atoms with Gasteiger partial charge in [-0.15, -0.1) is 0 Å². The number of anilines is 1. The Bertz CT molecular complexity index is 447. The summed E-state index contributed by atoms with van der Waals surface area (Å²) in [7, 11) is 1.37. The molecular formula is C12H15F3N2O2. The number of hydrogen-bond donors (Lipinski definition) is 2. The molecule has 0 atom stereocenters. The van der Waals surface area contributed by atoms with E-state index in [1.54, 1.807) is 12.1 Å². The monoisotopic (exact) mass is 276 g/mol.